The second-order valence-electron chi connectivity index (χ2n) is 3.71. The normalized spacial score (nSPS) is 10.2. The summed E-state index contributed by atoms with van der Waals surface area (Å²) in [6.45, 7) is 0.280. The molecular formula is C13H11ClO4S. The van der Waals surface area contributed by atoms with Gasteiger partial charge in [0, 0.05) is 11.1 Å². The lowest BCUT2D eigenvalue weighted by Gasteiger charge is -2.13. The molecule has 0 aliphatic carbocycles. The summed E-state index contributed by atoms with van der Waals surface area (Å²) in [7, 11) is 1.44. The smallest absolute Gasteiger partial charge is 0.339 e. The molecule has 0 amide bonds. The molecule has 19 heavy (non-hydrogen) atoms. The van der Waals surface area contributed by atoms with Crippen LogP contribution in [-0.2, 0) is 6.61 Å². The molecule has 0 saturated heterocycles. The maximum absolute atomic E-state index is 11.2. The Kier molecular flexibility index (Phi) is 4.29. The number of halogens is 1. The summed E-state index contributed by atoms with van der Waals surface area (Å²) in [5, 5.41) is 13.3. The van der Waals surface area contributed by atoms with Crippen LogP contribution in [0.4, 0.5) is 0 Å². The second kappa shape index (κ2) is 5.95. The maximum atomic E-state index is 11.2. The van der Waals surface area contributed by atoms with Crippen LogP contribution in [0, 0.1) is 0 Å². The van der Waals surface area contributed by atoms with Crippen LogP contribution in [0.2, 0.25) is 5.02 Å². The van der Waals surface area contributed by atoms with Crippen molar-refractivity contribution in [3.8, 4) is 11.5 Å². The molecule has 4 nitrogen and oxygen atoms in total. The molecule has 1 aromatic carbocycles. The number of benzene rings is 1. The number of ether oxygens (including phenoxy) is 2. The van der Waals surface area contributed by atoms with E-state index in [-0.39, 0.29) is 22.9 Å². The molecule has 1 heterocycles. The van der Waals surface area contributed by atoms with E-state index in [1.165, 1.54) is 19.2 Å². The molecule has 0 fully saturated rings. The van der Waals surface area contributed by atoms with Gasteiger partial charge in [-0.1, -0.05) is 11.6 Å². The fraction of sp³-hybridized carbons (Fsp3) is 0.154. The van der Waals surface area contributed by atoms with Crippen molar-refractivity contribution >= 4 is 28.9 Å². The summed E-state index contributed by atoms with van der Waals surface area (Å²) in [5.41, 5.74) is 0.956. The van der Waals surface area contributed by atoms with Crippen LogP contribution in [0.15, 0.2) is 29.0 Å². The molecule has 1 N–H and O–H groups in total. The summed E-state index contributed by atoms with van der Waals surface area (Å²) >= 11 is 7.40. The van der Waals surface area contributed by atoms with Gasteiger partial charge in [0.2, 0.25) is 0 Å². The van der Waals surface area contributed by atoms with Gasteiger partial charge in [0.05, 0.1) is 7.11 Å². The van der Waals surface area contributed by atoms with Gasteiger partial charge >= 0.3 is 5.97 Å². The predicted molar refractivity (Wildman–Crippen MR) is 73.6 cm³/mol. The Labute approximate surface area is 119 Å². The average Bonchev–Trinajstić information content (AvgIpc) is 2.89. The van der Waals surface area contributed by atoms with Gasteiger partial charge in [0.1, 0.15) is 12.2 Å². The van der Waals surface area contributed by atoms with Gasteiger partial charge in [-0.25, -0.2) is 4.79 Å². The number of methoxy groups -OCH3 is 1. The van der Waals surface area contributed by atoms with E-state index in [0.717, 1.165) is 5.56 Å². The molecule has 0 radical (unpaired) electrons. The van der Waals surface area contributed by atoms with Gasteiger partial charge in [-0.3, -0.25) is 0 Å². The van der Waals surface area contributed by atoms with E-state index < -0.39 is 5.97 Å². The molecule has 0 saturated carbocycles. The van der Waals surface area contributed by atoms with Crippen LogP contribution in [0.1, 0.15) is 15.9 Å². The van der Waals surface area contributed by atoms with Crippen molar-refractivity contribution in [1.29, 1.82) is 0 Å². The molecule has 0 bridgehead atoms. The first-order valence-corrected chi connectivity index (χ1v) is 6.68. The molecule has 1 aromatic heterocycles. The highest BCUT2D eigenvalue weighted by atomic mass is 35.5. The number of carboxylic acid groups (broad SMARTS) is 1. The Balaban J connectivity index is 2.33. The van der Waals surface area contributed by atoms with E-state index in [0.29, 0.717) is 5.75 Å². The van der Waals surface area contributed by atoms with Crippen molar-refractivity contribution in [2.75, 3.05) is 7.11 Å². The van der Waals surface area contributed by atoms with E-state index >= 15 is 0 Å². The van der Waals surface area contributed by atoms with E-state index in [9.17, 15) is 9.90 Å². The molecule has 0 spiro atoms. The zero-order chi connectivity index (χ0) is 13.8. The third kappa shape index (κ3) is 3.19. The van der Waals surface area contributed by atoms with Gasteiger partial charge in [-0.15, -0.1) is 0 Å². The molecule has 2 rings (SSSR count). The highest BCUT2D eigenvalue weighted by molar-refractivity contribution is 7.07. The lowest BCUT2D eigenvalue weighted by Crippen LogP contribution is -2.05. The SMILES string of the molecule is COc1cc(Cl)cc(C(=O)O)c1OCc1ccsc1. The highest BCUT2D eigenvalue weighted by Crippen LogP contribution is 2.35. The quantitative estimate of drug-likeness (QED) is 0.914. The number of hydrogen-bond acceptors (Lipinski definition) is 4. The fourth-order valence-electron chi connectivity index (χ4n) is 1.56. The third-order valence-electron chi connectivity index (χ3n) is 2.43. The van der Waals surface area contributed by atoms with E-state index in [2.05, 4.69) is 0 Å². The number of hydrogen-bond donors (Lipinski definition) is 1. The van der Waals surface area contributed by atoms with Crippen LogP contribution in [-0.4, -0.2) is 18.2 Å². The van der Waals surface area contributed by atoms with Gasteiger partial charge < -0.3 is 14.6 Å². The lowest BCUT2D eigenvalue weighted by molar-refractivity contribution is 0.0691. The number of rotatable bonds is 5. The molecule has 100 valence electrons. The Bertz CT molecular complexity index is 581. The first-order chi connectivity index (χ1) is 9.11. The van der Waals surface area contributed by atoms with Gasteiger partial charge in [-0.05, 0) is 28.5 Å². The van der Waals surface area contributed by atoms with Gasteiger partial charge in [-0.2, -0.15) is 11.3 Å². The van der Waals surface area contributed by atoms with Crippen molar-refractivity contribution < 1.29 is 19.4 Å². The van der Waals surface area contributed by atoms with E-state index in [1.54, 1.807) is 11.3 Å². The van der Waals surface area contributed by atoms with Crippen molar-refractivity contribution in [3.63, 3.8) is 0 Å². The first kappa shape index (κ1) is 13.7. The number of carbonyl (C=O) groups is 1. The zero-order valence-electron chi connectivity index (χ0n) is 10.1. The Morgan fingerprint density at radius 3 is 2.84 bits per heavy atom. The van der Waals surface area contributed by atoms with Crippen LogP contribution in [0.3, 0.4) is 0 Å². The molecule has 6 heteroatoms. The topological polar surface area (TPSA) is 55.8 Å². The van der Waals surface area contributed by atoms with E-state index in [4.69, 9.17) is 21.1 Å². The highest BCUT2D eigenvalue weighted by Gasteiger charge is 2.18. The van der Waals surface area contributed by atoms with Crippen molar-refractivity contribution in [3.05, 3.63) is 45.1 Å². The summed E-state index contributed by atoms with van der Waals surface area (Å²) in [4.78, 5) is 11.2. The minimum Gasteiger partial charge on any atom is -0.493 e. The van der Waals surface area contributed by atoms with Gasteiger partial charge in [0.25, 0.3) is 0 Å². The number of aromatic carboxylic acids is 1. The predicted octanol–water partition coefficient (Wildman–Crippen LogP) is 3.69. The standard InChI is InChI=1S/C13H11ClO4S/c1-17-11-5-9(14)4-10(13(15)16)12(11)18-6-8-2-3-19-7-8/h2-5,7H,6H2,1H3,(H,15,16). The lowest BCUT2D eigenvalue weighted by atomic mass is 10.2. The van der Waals surface area contributed by atoms with Crippen LogP contribution in [0.5, 0.6) is 11.5 Å². The van der Waals surface area contributed by atoms with Crippen LogP contribution in [0.25, 0.3) is 0 Å². The first-order valence-electron chi connectivity index (χ1n) is 5.36. The minimum atomic E-state index is -1.11. The Hall–Kier alpha value is -1.72. The molecule has 2 aromatic rings. The van der Waals surface area contributed by atoms with Crippen LogP contribution < -0.4 is 9.47 Å². The van der Waals surface area contributed by atoms with Crippen molar-refractivity contribution in [1.82, 2.24) is 0 Å². The summed E-state index contributed by atoms with van der Waals surface area (Å²) < 4.78 is 10.7. The fourth-order valence-corrected chi connectivity index (χ4v) is 2.42. The molecule has 0 aliphatic rings. The van der Waals surface area contributed by atoms with Crippen molar-refractivity contribution in [2.24, 2.45) is 0 Å². The second-order valence-corrected chi connectivity index (χ2v) is 4.93. The molecule has 0 aliphatic heterocycles. The summed E-state index contributed by atoms with van der Waals surface area (Å²) in [5.74, 6) is -0.619. The van der Waals surface area contributed by atoms with Gasteiger partial charge in [0.15, 0.2) is 11.5 Å². The number of carboxylic acids is 1. The third-order valence-corrected chi connectivity index (χ3v) is 3.38. The Morgan fingerprint density at radius 2 is 2.26 bits per heavy atom. The minimum absolute atomic E-state index is 0.0143. The largest absolute Gasteiger partial charge is 0.493 e. The van der Waals surface area contributed by atoms with E-state index in [1.807, 2.05) is 16.8 Å². The molecule has 0 unspecified atom stereocenters. The summed E-state index contributed by atoms with van der Waals surface area (Å²) in [6.07, 6.45) is 0. The molecular weight excluding hydrogens is 288 g/mol. The van der Waals surface area contributed by atoms with Crippen molar-refractivity contribution in [2.45, 2.75) is 6.61 Å². The molecule has 0 atom stereocenters. The number of thiophene rings is 1. The summed E-state index contributed by atoms with van der Waals surface area (Å²) in [6, 6.07) is 4.78. The average molecular weight is 299 g/mol. The monoisotopic (exact) mass is 298 g/mol. The Morgan fingerprint density at radius 1 is 1.47 bits per heavy atom. The maximum Gasteiger partial charge on any atom is 0.339 e. The van der Waals surface area contributed by atoms with Crippen LogP contribution >= 0.6 is 22.9 Å². The zero-order valence-corrected chi connectivity index (χ0v) is 11.6.